The van der Waals surface area contributed by atoms with Crippen LogP contribution >= 0.6 is 15.9 Å². The van der Waals surface area contributed by atoms with Gasteiger partial charge in [0.15, 0.2) is 5.65 Å². The third-order valence-electron chi connectivity index (χ3n) is 5.32. The molecule has 33 heavy (non-hydrogen) atoms. The number of phenolic OH excluding ortho intramolecular Hbond substituents is 1. The van der Waals surface area contributed by atoms with Gasteiger partial charge in [0.2, 0.25) is 0 Å². The Kier molecular flexibility index (Phi) is 6.88. The molecule has 0 fully saturated rings. The topological polar surface area (TPSA) is 118 Å². The molecule has 0 bridgehead atoms. The quantitative estimate of drug-likeness (QED) is 0.232. The summed E-state index contributed by atoms with van der Waals surface area (Å²) in [4.78, 5) is 22.4. The Morgan fingerprint density at radius 2 is 1.94 bits per heavy atom. The summed E-state index contributed by atoms with van der Waals surface area (Å²) in [5.41, 5.74) is 9.21. The SMILES string of the molecule is CCCCCCNC(=O)c1c(N)n(N=Cc2cc(Br)ccc2O)c2nc3ccccc3nc12. The Morgan fingerprint density at radius 1 is 1.18 bits per heavy atom. The molecule has 0 aliphatic carbocycles. The van der Waals surface area contributed by atoms with Crippen molar-refractivity contribution >= 4 is 56.1 Å². The van der Waals surface area contributed by atoms with Crippen LogP contribution in [0.1, 0.15) is 48.5 Å². The smallest absolute Gasteiger partial charge is 0.257 e. The summed E-state index contributed by atoms with van der Waals surface area (Å²) in [5, 5.41) is 17.5. The van der Waals surface area contributed by atoms with Gasteiger partial charge >= 0.3 is 0 Å². The van der Waals surface area contributed by atoms with Crippen molar-refractivity contribution in [2.45, 2.75) is 32.6 Å². The monoisotopic (exact) mass is 508 g/mol. The lowest BCUT2D eigenvalue weighted by Gasteiger charge is -2.05. The minimum atomic E-state index is -0.308. The van der Waals surface area contributed by atoms with Crippen molar-refractivity contribution in [3.8, 4) is 5.75 Å². The molecule has 0 spiro atoms. The summed E-state index contributed by atoms with van der Waals surface area (Å²) in [6.07, 6.45) is 5.68. The Balaban J connectivity index is 1.78. The first kappa shape index (κ1) is 22.7. The molecule has 9 heteroatoms. The Bertz CT molecular complexity index is 1350. The molecule has 4 aromatic rings. The van der Waals surface area contributed by atoms with E-state index in [-0.39, 0.29) is 23.0 Å². The molecule has 4 rings (SSSR count). The van der Waals surface area contributed by atoms with E-state index in [4.69, 9.17) is 5.73 Å². The predicted molar refractivity (Wildman–Crippen MR) is 135 cm³/mol. The van der Waals surface area contributed by atoms with E-state index in [1.807, 2.05) is 24.3 Å². The van der Waals surface area contributed by atoms with E-state index in [0.29, 0.717) is 34.3 Å². The molecule has 0 saturated heterocycles. The first-order chi connectivity index (χ1) is 16.0. The van der Waals surface area contributed by atoms with E-state index >= 15 is 0 Å². The van der Waals surface area contributed by atoms with Crippen molar-refractivity contribution in [3.05, 3.63) is 58.1 Å². The number of carbonyl (C=O) groups excluding carboxylic acids is 1. The van der Waals surface area contributed by atoms with Crippen LogP contribution < -0.4 is 11.1 Å². The molecule has 2 heterocycles. The van der Waals surface area contributed by atoms with Crippen LogP contribution in [0.2, 0.25) is 0 Å². The van der Waals surface area contributed by atoms with E-state index < -0.39 is 0 Å². The number of para-hydroxylation sites is 2. The predicted octanol–water partition coefficient (Wildman–Crippen LogP) is 4.83. The molecule has 170 valence electrons. The summed E-state index contributed by atoms with van der Waals surface area (Å²) in [6, 6.07) is 12.4. The van der Waals surface area contributed by atoms with Crippen LogP contribution in [0.15, 0.2) is 52.0 Å². The number of phenols is 1. The van der Waals surface area contributed by atoms with Crippen LogP contribution in [0.5, 0.6) is 5.75 Å². The second-order valence-electron chi connectivity index (χ2n) is 7.72. The molecule has 0 radical (unpaired) electrons. The minimum Gasteiger partial charge on any atom is -0.507 e. The maximum atomic E-state index is 13.1. The number of nitrogens with one attached hydrogen (secondary N) is 1. The highest BCUT2D eigenvalue weighted by Gasteiger charge is 2.24. The van der Waals surface area contributed by atoms with Crippen LogP contribution in [0, 0.1) is 0 Å². The van der Waals surface area contributed by atoms with Crippen molar-refractivity contribution < 1.29 is 9.90 Å². The Hall–Kier alpha value is -3.46. The third kappa shape index (κ3) is 4.83. The van der Waals surface area contributed by atoms with Gasteiger partial charge in [0, 0.05) is 16.6 Å². The van der Waals surface area contributed by atoms with Gasteiger partial charge in [-0.2, -0.15) is 9.78 Å². The summed E-state index contributed by atoms with van der Waals surface area (Å²) in [7, 11) is 0. The fraction of sp³-hybridized carbons (Fsp3) is 0.250. The number of rotatable bonds is 8. The van der Waals surface area contributed by atoms with Gasteiger partial charge < -0.3 is 16.2 Å². The largest absolute Gasteiger partial charge is 0.507 e. The average Bonchev–Trinajstić information content (AvgIpc) is 3.08. The van der Waals surface area contributed by atoms with Crippen LogP contribution in [0.4, 0.5) is 5.82 Å². The van der Waals surface area contributed by atoms with Crippen molar-refractivity contribution in [3.63, 3.8) is 0 Å². The number of nitrogen functional groups attached to an aromatic ring is 1. The van der Waals surface area contributed by atoms with Crippen molar-refractivity contribution in [1.82, 2.24) is 20.0 Å². The average molecular weight is 509 g/mol. The molecule has 2 aromatic heterocycles. The van der Waals surface area contributed by atoms with Crippen molar-refractivity contribution in [1.29, 1.82) is 0 Å². The second-order valence-corrected chi connectivity index (χ2v) is 8.64. The Morgan fingerprint density at radius 3 is 2.70 bits per heavy atom. The normalized spacial score (nSPS) is 11.6. The molecule has 0 atom stereocenters. The number of hydrogen-bond donors (Lipinski definition) is 3. The molecule has 0 unspecified atom stereocenters. The maximum absolute atomic E-state index is 13.1. The highest BCUT2D eigenvalue weighted by molar-refractivity contribution is 9.10. The van der Waals surface area contributed by atoms with Gasteiger partial charge in [-0.3, -0.25) is 4.79 Å². The van der Waals surface area contributed by atoms with Crippen LogP contribution in [-0.4, -0.2) is 38.4 Å². The van der Waals surface area contributed by atoms with Gasteiger partial charge in [0.05, 0.1) is 17.2 Å². The lowest BCUT2D eigenvalue weighted by atomic mass is 10.2. The second kappa shape index (κ2) is 9.99. The molecule has 8 nitrogen and oxygen atoms in total. The van der Waals surface area contributed by atoms with Gasteiger partial charge in [-0.15, -0.1) is 0 Å². The number of halogens is 1. The maximum Gasteiger partial charge on any atom is 0.257 e. The fourth-order valence-corrected chi connectivity index (χ4v) is 3.96. The van der Waals surface area contributed by atoms with E-state index in [0.717, 1.165) is 30.2 Å². The molecule has 1 amide bonds. The first-order valence-corrected chi connectivity index (χ1v) is 11.7. The number of hydrogen-bond acceptors (Lipinski definition) is 6. The fourth-order valence-electron chi connectivity index (χ4n) is 3.58. The lowest BCUT2D eigenvalue weighted by molar-refractivity contribution is 0.0955. The molecule has 0 saturated carbocycles. The number of nitrogens with zero attached hydrogens (tertiary/aromatic N) is 4. The third-order valence-corrected chi connectivity index (χ3v) is 5.81. The highest BCUT2D eigenvalue weighted by atomic mass is 79.9. The van der Waals surface area contributed by atoms with E-state index in [9.17, 15) is 9.90 Å². The van der Waals surface area contributed by atoms with E-state index in [1.54, 1.807) is 18.2 Å². The zero-order valence-corrected chi connectivity index (χ0v) is 19.8. The summed E-state index contributed by atoms with van der Waals surface area (Å²) >= 11 is 3.39. The number of carbonyl (C=O) groups is 1. The Labute approximate surface area is 199 Å². The van der Waals surface area contributed by atoms with Crippen molar-refractivity contribution in [2.75, 3.05) is 12.3 Å². The van der Waals surface area contributed by atoms with E-state index in [2.05, 4.69) is 43.2 Å². The molecule has 4 N–H and O–H groups in total. The van der Waals surface area contributed by atoms with Gasteiger partial charge in [0.1, 0.15) is 22.6 Å². The lowest BCUT2D eigenvalue weighted by Crippen LogP contribution is -2.25. The number of benzene rings is 2. The molecule has 0 aliphatic heterocycles. The van der Waals surface area contributed by atoms with Gasteiger partial charge in [0.25, 0.3) is 5.91 Å². The zero-order chi connectivity index (χ0) is 23.4. The summed E-state index contributed by atoms with van der Waals surface area (Å²) < 4.78 is 2.18. The van der Waals surface area contributed by atoms with Gasteiger partial charge in [-0.05, 0) is 36.8 Å². The molecular formula is C24H25BrN6O2. The molecule has 2 aromatic carbocycles. The number of anilines is 1. The summed E-state index contributed by atoms with van der Waals surface area (Å²) in [6.45, 7) is 2.70. The van der Waals surface area contributed by atoms with Gasteiger partial charge in [-0.25, -0.2) is 9.97 Å². The number of nitrogens with two attached hydrogens (primary N) is 1. The van der Waals surface area contributed by atoms with E-state index in [1.165, 1.54) is 10.9 Å². The first-order valence-electron chi connectivity index (χ1n) is 10.9. The van der Waals surface area contributed by atoms with Crippen LogP contribution in [0.25, 0.3) is 22.2 Å². The van der Waals surface area contributed by atoms with Crippen molar-refractivity contribution in [2.24, 2.45) is 5.10 Å². The highest BCUT2D eigenvalue weighted by Crippen LogP contribution is 2.28. The number of fused-ring (bicyclic) bond motifs is 2. The van der Waals surface area contributed by atoms with Crippen LogP contribution in [-0.2, 0) is 0 Å². The molecular weight excluding hydrogens is 484 g/mol. The molecule has 0 aliphatic rings. The standard InChI is InChI=1S/C24H25BrN6O2/c1-2-3-4-7-12-27-24(33)20-21-23(30-18-9-6-5-8-17(18)29-21)31(22(20)26)28-14-15-13-16(25)10-11-19(15)32/h5-6,8-11,13-14,32H,2-4,7,12,26H2,1H3,(H,27,33). The number of aromatic nitrogens is 3. The number of amides is 1. The van der Waals surface area contributed by atoms with Crippen LogP contribution in [0.3, 0.4) is 0 Å². The zero-order valence-electron chi connectivity index (χ0n) is 18.3. The summed E-state index contributed by atoms with van der Waals surface area (Å²) in [5.74, 6) is -0.103. The number of aromatic hydroxyl groups is 1. The van der Waals surface area contributed by atoms with Gasteiger partial charge in [-0.1, -0.05) is 54.2 Å². The minimum absolute atomic E-state index is 0.0681. The number of unbranched alkanes of at least 4 members (excludes halogenated alkanes) is 3.